The van der Waals surface area contributed by atoms with Crippen LogP contribution in [0.15, 0.2) is 73.2 Å². The Balaban J connectivity index is 1.75. The Morgan fingerprint density at radius 2 is 1.76 bits per heavy atom. The van der Waals surface area contributed by atoms with E-state index in [9.17, 15) is 9.59 Å². The fourth-order valence-corrected chi connectivity index (χ4v) is 3.94. The number of hydrogen-bond donors (Lipinski definition) is 1. The van der Waals surface area contributed by atoms with Crippen LogP contribution < -0.4 is 10.1 Å². The van der Waals surface area contributed by atoms with Crippen molar-refractivity contribution in [2.75, 3.05) is 18.4 Å². The Morgan fingerprint density at radius 3 is 2.47 bits per heavy atom. The van der Waals surface area contributed by atoms with Crippen LogP contribution in [0.1, 0.15) is 29.8 Å². The fraction of sp³-hybridized carbons (Fsp3) is 0.192. The number of pyridine rings is 1. The molecule has 4 aromatic rings. The van der Waals surface area contributed by atoms with Crippen molar-refractivity contribution in [1.29, 1.82) is 0 Å². The summed E-state index contributed by atoms with van der Waals surface area (Å²) < 4.78 is 7.75. The zero-order chi connectivity index (χ0) is 24.1. The van der Waals surface area contributed by atoms with E-state index in [1.54, 1.807) is 35.5 Å². The lowest BCUT2D eigenvalue weighted by Crippen LogP contribution is -2.33. The predicted molar refractivity (Wildman–Crippen MR) is 134 cm³/mol. The highest BCUT2D eigenvalue weighted by Crippen LogP contribution is 2.35. The van der Waals surface area contributed by atoms with Crippen molar-refractivity contribution >= 4 is 40.2 Å². The van der Waals surface area contributed by atoms with E-state index in [4.69, 9.17) is 16.3 Å². The Morgan fingerprint density at radius 1 is 1.03 bits per heavy atom. The molecule has 2 amide bonds. The second-order valence-electron chi connectivity index (χ2n) is 7.64. The van der Waals surface area contributed by atoms with Crippen LogP contribution in [0.3, 0.4) is 0 Å². The minimum atomic E-state index is -0.473. The largest absolute Gasteiger partial charge is 0.415 e. The number of fused-ring (bicyclic) bond motifs is 1. The van der Waals surface area contributed by atoms with E-state index in [1.165, 1.54) is 0 Å². The van der Waals surface area contributed by atoms with Gasteiger partial charge < -0.3 is 19.5 Å². The van der Waals surface area contributed by atoms with E-state index in [2.05, 4.69) is 10.3 Å². The minimum absolute atomic E-state index is 0.280. The molecule has 4 rings (SSSR count). The van der Waals surface area contributed by atoms with Crippen molar-refractivity contribution in [2.24, 2.45) is 0 Å². The van der Waals surface area contributed by atoms with Gasteiger partial charge in [0.2, 0.25) is 0 Å². The second-order valence-corrected chi connectivity index (χ2v) is 8.04. The minimum Gasteiger partial charge on any atom is -0.408 e. The molecule has 0 saturated carbocycles. The topological polar surface area (TPSA) is 76.5 Å². The molecule has 0 aliphatic heterocycles. The van der Waals surface area contributed by atoms with Crippen LogP contribution in [-0.4, -0.2) is 39.5 Å². The lowest BCUT2D eigenvalue weighted by Gasteiger charge is -2.20. The van der Waals surface area contributed by atoms with Crippen molar-refractivity contribution in [3.8, 4) is 5.75 Å². The number of halogens is 1. The van der Waals surface area contributed by atoms with Gasteiger partial charge in [0.1, 0.15) is 0 Å². The third kappa shape index (κ3) is 4.89. The van der Waals surface area contributed by atoms with Crippen LogP contribution in [0.4, 0.5) is 10.5 Å². The highest BCUT2D eigenvalue weighted by molar-refractivity contribution is 6.31. The second kappa shape index (κ2) is 10.4. The maximum atomic E-state index is 13.0. The predicted octanol–water partition coefficient (Wildman–Crippen LogP) is 5.83. The quantitative estimate of drug-likeness (QED) is 0.364. The van der Waals surface area contributed by atoms with Crippen LogP contribution in [0.2, 0.25) is 5.02 Å². The van der Waals surface area contributed by atoms with E-state index in [1.807, 2.05) is 61.0 Å². The van der Waals surface area contributed by atoms with Gasteiger partial charge in [0.05, 0.1) is 11.2 Å². The summed E-state index contributed by atoms with van der Waals surface area (Å²) in [6.45, 7) is 5.36. The maximum absolute atomic E-state index is 13.0. The highest BCUT2D eigenvalue weighted by atomic mass is 35.5. The first-order chi connectivity index (χ1) is 16.5. The molecule has 174 valence electrons. The summed E-state index contributed by atoms with van der Waals surface area (Å²) in [7, 11) is 0. The van der Waals surface area contributed by atoms with E-state index in [-0.39, 0.29) is 11.7 Å². The van der Waals surface area contributed by atoms with Gasteiger partial charge in [-0.15, -0.1) is 0 Å². The number of hydrogen-bond acceptors (Lipinski definition) is 4. The third-order valence-corrected chi connectivity index (χ3v) is 5.98. The molecule has 7 nitrogen and oxygen atoms in total. The van der Waals surface area contributed by atoms with Gasteiger partial charge in [0, 0.05) is 54.2 Å². The molecule has 2 aromatic carbocycles. The molecule has 8 heteroatoms. The monoisotopic (exact) mass is 476 g/mol. The standard InChI is InChI=1S/C26H25ClN4O3/c1-3-30(4-2)26(33)34-23-10-9-22-20(24(23)29-25(32)18-11-14-28-15-12-18)13-16-31(22)17-19-7-5-6-8-21(19)27/h5-16H,3-4,17H2,1-2H3,(H,29,32). The highest BCUT2D eigenvalue weighted by Gasteiger charge is 2.20. The molecule has 2 heterocycles. The number of amides is 2. The van der Waals surface area contributed by atoms with Crippen LogP contribution in [-0.2, 0) is 6.54 Å². The number of anilines is 1. The molecule has 0 bridgehead atoms. The molecule has 34 heavy (non-hydrogen) atoms. The summed E-state index contributed by atoms with van der Waals surface area (Å²) in [5.74, 6) is -0.0452. The van der Waals surface area contributed by atoms with Gasteiger partial charge in [-0.3, -0.25) is 9.78 Å². The van der Waals surface area contributed by atoms with E-state index >= 15 is 0 Å². The van der Waals surface area contributed by atoms with E-state index in [0.717, 1.165) is 16.5 Å². The molecule has 1 N–H and O–H groups in total. The molecular weight excluding hydrogens is 452 g/mol. The van der Waals surface area contributed by atoms with Gasteiger partial charge in [-0.05, 0) is 55.8 Å². The Labute approximate surface area is 202 Å². The lowest BCUT2D eigenvalue weighted by molar-refractivity contribution is 0.102. The first-order valence-electron chi connectivity index (χ1n) is 11.0. The number of ether oxygens (including phenoxy) is 1. The summed E-state index contributed by atoms with van der Waals surface area (Å²) in [5, 5.41) is 4.37. The Kier molecular flexibility index (Phi) is 7.13. The SMILES string of the molecule is CCN(CC)C(=O)Oc1ccc2c(ccn2Cc2ccccc2Cl)c1NC(=O)c1ccncc1. The molecule has 0 aliphatic rings. The van der Waals surface area contributed by atoms with Crippen molar-refractivity contribution < 1.29 is 14.3 Å². The van der Waals surface area contributed by atoms with Crippen molar-refractivity contribution in [1.82, 2.24) is 14.5 Å². The van der Waals surface area contributed by atoms with Gasteiger partial charge in [-0.2, -0.15) is 0 Å². The summed E-state index contributed by atoms with van der Waals surface area (Å²) in [4.78, 5) is 31.2. The summed E-state index contributed by atoms with van der Waals surface area (Å²) in [6, 6.07) is 16.4. The van der Waals surface area contributed by atoms with Crippen LogP contribution >= 0.6 is 11.6 Å². The first kappa shape index (κ1) is 23.3. The average Bonchev–Trinajstić information content (AvgIpc) is 3.26. The number of rotatable bonds is 7. The Hall–Kier alpha value is -3.84. The fourth-order valence-electron chi connectivity index (χ4n) is 3.74. The smallest absolute Gasteiger partial charge is 0.408 e. The maximum Gasteiger partial charge on any atom is 0.415 e. The van der Waals surface area contributed by atoms with E-state index < -0.39 is 6.09 Å². The number of nitrogens with one attached hydrogen (secondary N) is 1. The van der Waals surface area contributed by atoms with E-state index in [0.29, 0.717) is 35.9 Å². The molecule has 0 aliphatic carbocycles. The van der Waals surface area contributed by atoms with Crippen molar-refractivity contribution in [2.45, 2.75) is 20.4 Å². The van der Waals surface area contributed by atoms with Crippen LogP contribution in [0.5, 0.6) is 5.75 Å². The summed E-state index contributed by atoms with van der Waals surface area (Å²) in [6.07, 6.45) is 4.55. The molecule has 0 atom stereocenters. The average molecular weight is 477 g/mol. The van der Waals surface area contributed by atoms with Gasteiger partial charge in [-0.25, -0.2) is 4.79 Å². The molecule has 0 unspecified atom stereocenters. The molecule has 0 fully saturated rings. The zero-order valence-electron chi connectivity index (χ0n) is 19.0. The summed E-state index contributed by atoms with van der Waals surface area (Å²) in [5.41, 5.74) is 2.72. The number of aromatic nitrogens is 2. The molecule has 0 saturated heterocycles. The van der Waals surface area contributed by atoms with Crippen LogP contribution in [0.25, 0.3) is 10.9 Å². The number of nitrogens with zero attached hydrogens (tertiary/aromatic N) is 3. The zero-order valence-corrected chi connectivity index (χ0v) is 19.7. The van der Waals surface area contributed by atoms with Gasteiger partial charge >= 0.3 is 6.09 Å². The Bertz CT molecular complexity index is 1320. The molecule has 2 aromatic heterocycles. The van der Waals surface area contributed by atoms with Gasteiger partial charge in [0.25, 0.3) is 5.91 Å². The summed E-state index contributed by atoms with van der Waals surface area (Å²) >= 11 is 6.36. The number of benzene rings is 2. The lowest BCUT2D eigenvalue weighted by atomic mass is 10.1. The number of carbonyl (C=O) groups excluding carboxylic acids is 2. The molecular formula is C26H25ClN4O3. The number of carbonyl (C=O) groups is 2. The van der Waals surface area contributed by atoms with Gasteiger partial charge in [-0.1, -0.05) is 29.8 Å². The molecule has 0 spiro atoms. The normalized spacial score (nSPS) is 10.8. The van der Waals surface area contributed by atoms with Crippen molar-refractivity contribution in [3.63, 3.8) is 0 Å². The van der Waals surface area contributed by atoms with Crippen molar-refractivity contribution in [3.05, 3.63) is 89.3 Å². The molecule has 0 radical (unpaired) electrons. The first-order valence-corrected chi connectivity index (χ1v) is 11.4. The van der Waals surface area contributed by atoms with Crippen LogP contribution in [0, 0.1) is 0 Å². The van der Waals surface area contributed by atoms with Gasteiger partial charge in [0.15, 0.2) is 5.75 Å². The third-order valence-electron chi connectivity index (χ3n) is 5.61.